The maximum Gasteiger partial charge on any atom is 0.241 e. The van der Waals surface area contributed by atoms with Crippen molar-refractivity contribution < 1.29 is 17.9 Å². The third kappa shape index (κ3) is 5.50. The summed E-state index contributed by atoms with van der Waals surface area (Å²) in [5.41, 5.74) is 1.70. The Hall–Kier alpha value is -3.17. The van der Waals surface area contributed by atoms with Crippen LogP contribution in [0.25, 0.3) is 5.69 Å². The summed E-state index contributed by atoms with van der Waals surface area (Å²) < 4.78 is 34.9. The molecule has 0 aliphatic carbocycles. The van der Waals surface area contributed by atoms with Crippen molar-refractivity contribution in [1.29, 1.82) is 0 Å². The molecule has 9 heteroatoms. The van der Waals surface area contributed by atoms with E-state index in [2.05, 4.69) is 15.1 Å². The zero-order valence-electron chi connectivity index (χ0n) is 17.6. The number of carbonyl (C=O) groups is 1. The lowest BCUT2D eigenvalue weighted by Gasteiger charge is -2.22. The number of ether oxygens (including phenoxy) is 1. The Bertz CT molecular complexity index is 1110. The van der Waals surface area contributed by atoms with Gasteiger partial charge in [0.15, 0.2) is 0 Å². The maximum atomic E-state index is 12.9. The summed E-state index contributed by atoms with van der Waals surface area (Å²) in [6.45, 7) is 3.82. The van der Waals surface area contributed by atoms with E-state index in [1.165, 1.54) is 19.2 Å². The Morgan fingerprint density at radius 2 is 1.81 bits per heavy atom. The number of sulfonamides is 1. The highest BCUT2D eigenvalue weighted by Gasteiger charge is 2.28. The molecule has 1 atom stereocenters. The molecular weight excluding hydrogens is 416 g/mol. The SMILES string of the molecule is COc1ccc(S(=O)(=O)N[C@H](C(=O)NCc2ccccc2-n2cccn2)C(C)C)cc1. The maximum absolute atomic E-state index is 12.9. The van der Waals surface area contributed by atoms with Crippen LogP contribution in [0.3, 0.4) is 0 Å². The van der Waals surface area contributed by atoms with E-state index in [0.29, 0.717) is 5.75 Å². The number of nitrogens with zero attached hydrogens (tertiary/aromatic N) is 2. The molecule has 3 rings (SSSR count). The average Bonchev–Trinajstić information content (AvgIpc) is 3.30. The van der Waals surface area contributed by atoms with Gasteiger partial charge in [-0.2, -0.15) is 9.82 Å². The second kappa shape index (κ2) is 9.76. The molecule has 0 saturated heterocycles. The molecule has 0 aliphatic rings. The molecule has 0 radical (unpaired) electrons. The van der Waals surface area contributed by atoms with Crippen LogP contribution in [0.5, 0.6) is 5.75 Å². The van der Waals surface area contributed by atoms with E-state index in [1.54, 1.807) is 36.9 Å². The van der Waals surface area contributed by atoms with Gasteiger partial charge in [0.25, 0.3) is 0 Å². The average molecular weight is 443 g/mol. The number of aromatic nitrogens is 2. The van der Waals surface area contributed by atoms with Gasteiger partial charge >= 0.3 is 0 Å². The van der Waals surface area contributed by atoms with Crippen molar-refractivity contribution in [2.75, 3.05) is 7.11 Å². The summed E-state index contributed by atoms with van der Waals surface area (Å²) in [6, 6.07) is 14.5. The van der Waals surface area contributed by atoms with Gasteiger partial charge in [0, 0.05) is 18.9 Å². The predicted molar refractivity (Wildman–Crippen MR) is 117 cm³/mol. The second-order valence-corrected chi connectivity index (χ2v) is 9.03. The van der Waals surface area contributed by atoms with E-state index in [0.717, 1.165) is 11.3 Å². The lowest BCUT2D eigenvalue weighted by molar-refractivity contribution is -0.123. The highest BCUT2D eigenvalue weighted by Crippen LogP contribution is 2.17. The monoisotopic (exact) mass is 442 g/mol. The number of methoxy groups -OCH3 is 1. The molecule has 0 aliphatic heterocycles. The van der Waals surface area contributed by atoms with Crippen LogP contribution in [0.15, 0.2) is 71.9 Å². The number of benzene rings is 2. The van der Waals surface area contributed by atoms with E-state index in [4.69, 9.17) is 4.74 Å². The van der Waals surface area contributed by atoms with Crippen molar-refractivity contribution >= 4 is 15.9 Å². The van der Waals surface area contributed by atoms with E-state index in [1.807, 2.05) is 36.5 Å². The normalized spacial score (nSPS) is 12.5. The fourth-order valence-electron chi connectivity index (χ4n) is 3.07. The zero-order valence-corrected chi connectivity index (χ0v) is 18.5. The molecule has 0 spiro atoms. The minimum atomic E-state index is -3.88. The summed E-state index contributed by atoms with van der Waals surface area (Å²) in [5, 5.41) is 7.08. The molecule has 3 aromatic rings. The van der Waals surface area contributed by atoms with Crippen molar-refractivity contribution in [1.82, 2.24) is 19.8 Å². The Morgan fingerprint density at radius 1 is 1.10 bits per heavy atom. The molecule has 8 nitrogen and oxygen atoms in total. The summed E-state index contributed by atoms with van der Waals surface area (Å²) in [5.74, 6) is -0.107. The number of carbonyl (C=O) groups excluding carboxylic acids is 1. The minimum Gasteiger partial charge on any atom is -0.497 e. The number of rotatable bonds is 9. The molecule has 0 fully saturated rings. The van der Waals surface area contributed by atoms with Crippen LogP contribution in [0.4, 0.5) is 0 Å². The Balaban J connectivity index is 1.73. The zero-order chi connectivity index (χ0) is 22.4. The molecule has 2 aromatic carbocycles. The fraction of sp³-hybridized carbons (Fsp3) is 0.273. The smallest absolute Gasteiger partial charge is 0.241 e. The molecular formula is C22H26N4O4S. The molecule has 0 bridgehead atoms. The lowest BCUT2D eigenvalue weighted by Crippen LogP contribution is -2.49. The topological polar surface area (TPSA) is 102 Å². The van der Waals surface area contributed by atoms with Gasteiger partial charge in [-0.3, -0.25) is 4.79 Å². The molecule has 0 saturated carbocycles. The number of para-hydroxylation sites is 1. The quantitative estimate of drug-likeness (QED) is 0.530. The molecule has 2 N–H and O–H groups in total. The fourth-order valence-corrected chi connectivity index (χ4v) is 4.41. The van der Waals surface area contributed by atoms with Crippen LogP contribution in [0.2, 0.25) is 0 Å². The van der Waals surface area contributed by atoms with E-state index >= 15 is 0 Å². The highest BCUT2D eigenvalue weighted by atomic mass is 32.2. The summed E-state index contributed by atoms with van der Waals surface area (Å²) >= 11 is 0. The summed E-state index contributed by atoms with van der Waals surface area (Å²) in [4.78, 5) is 13.0. The van der Waals surface area contributed by atoms with E-state index in [9.17, 15) is 13.2 Å². The van der Waals surface area contributed by atoms with Crippen molar-refractivity contribution in [3.05, 3.63) is 72.6 Å². The van der Waals surface area contributed by atoms with Gasteiger partial charge in [0.1, 0.15) is 11.8 Å². The van der Waals surface area contributed by atoms with E-state index < -0.39 is 22.0 Å². The van der Waals surface area contributed by atoms with Crippen molar-refractivity contribution in [3.8, 4) is 11.4 Å². The lowest BCUT2D eigenvalue weighted by atomic mass is 10.0. The largest absolute Gasteiger partial charge is 0.497 e. The first-order valence-corrected chi connectivity index (χ1v) is 11.3. The van der Waals surface area contributed by atoms with Crippen LogP contribution in [0, 0.1) is 5.92 Å². The molecule has 31 heavy (non-hydrogen) atoms. The Morgan fingerprint density at radius 3 is 2.42 bits per heavy atom. The van der Waals surface area contributed by atoms with Gasteiger partial charge in [0.05, 0.1) is 17.7 Å². The first-order valence-electron chi connectivity index (χ1n) is 9.84. The number of hydrogen-bond donors (Lipinski definition) is 2. The number of nitrogens with one attached hydrogen (secondary N) is 2. The van der Waals surface area contributed by atoms with Gasteiger partial charge < -0.3 is 10.1 Å². The second-order valence-electron chi connectivity index (χ2n) is 7.32. The Labute approximate surface area is 182 Å². The highest BCUT2D eigenvalue weighted by molar-refractivity contribution is 7.89. The predicted octanol–water partition coefficient (Wildman–Crippen LogP) is 2.50. The van der Waals surface area contributed by atoms with Crippen LogP contribution >= 0.6 is 0 Å². The van der Waals surface area contributed by atoms with Crippen LogP contribution < -0.4 is 14.8 Å². The van der Waals surface area contributed by atoms with Gasteiger partial charge in [0.2, 0.25) is 15.9 Å². The molecule has 1 heterocycles. The van der Waals surface area contributed by atoms with Crippen molar-refractivity contribution in [2.45, 2.75) is 31.3 Å². The number of hydrogen-bond acceptors (Lipinski definition) is 5. The first kappa shape index (κ1) is 22.5. The van der Waals surface area contributed by atoms with Gasteiger partial charge in [-0.1, -0.05) is 32.0 Å². The standard InChI is InChI=1S/C22H26N4O4S/c1-16(2)21(25-31(28,29)19-11-9-18(30-3)10-12-19)22(27)23-15-17-7-4-5-8-20(17)26-14-6-13-24-26/h4-14,16,21,25H,15H2,1-3H3,(H,23,27)/t21-/m0/s1. The molecule has 1 amide bonds. The van der Waals surface area contributed by atoms with Gasteiger partial charge in [-0.05, 0) is 47.9 Å². The first-order chi connectivity index (χ1) is 14.8. The van der Waals surface area contributed by atoms with Gasteiger partial charge in [-0.25, -0.2) is 13.1 Å². The molecule has 164 valence electrons. The van der Waals surface area contributed by atoms with Crippen LogP contribution in [-0.4, -0.2) is 37.3 Å². The summed E-state index contributed by atoms with van der Waals surface area (Å²) in [7, 11) is -2.38. The van der Waals surface area contributed by atoms with E-state index in [-0.39, 0.29) is 17.4 Å². The van der Waals surface area contributed by atoms with Crippen molar-refractivity contribution in [2.24, 2.45) is 5.92 Å². The molecule has 1 aromatic heterocycles. The molecule has 0 unspecified atom stereocenters. The number of amides is 1. The minimum absolute atomic E-state index is 0.0655. The van der Waals surface area contributed by atoms with Crippen molar-refractivity contribution in [3.63, 3.8) is 0 Å². The summed E-state index contributed by atoms with van der Waals surface area (Å²) in [6.07, 6.45) is 3.50. The Kier molecular flexibility index (Phi) is 7.09. The van der Waals surface area contributed by atoms with Gasteiger partial charge in [-0.15, -0.1) is 0 Å². The van der Waals surface area contributed by atoms with Crippen LogP contribution in [0.1, 0.15) is 19.4 Å². The van der Waals surface area contributed by atoms with Crippen LogP contribution in [-0.2, 0) is 21.4 Å². The third-order valence-electron chi connectivity index (χ3n) is 4.80. The third-order valence-corrected chi connectivity index (χ3v) is 6.25.